The summed E-state index contributed by atoms with van der Waals surface area (Å²) in [6.45, 7) is 6.93. The van der Waals surface area contributed by atoms with Crippen molar-refractivity contribution in [1.82, 2.24) is 0 Å². The minimum Gasteiger partial charge on any atom is -0.300 e. The minimum atomic E-state index is 0.503. The Hall–Kier alpha value is -0.920. The maximum Gasteiger partial charge on any atom is 0.136 e. The standard InChI is InChI=1S/C42H76O2/c1-4-7-9-10-11-12-17-23-29-39(43)30-24-18-13-15-21-26-36(6-3)27-22-16-14-19-25-31-40(44)34-38-33-32-37(28-20-8-5-2)41-35-42(38)41/h33,36-37,41-42H,4-32,34-35H2,1-3H3. The van der Waals surface area contributed by atoms with Gasteiger partial charge in [-0.3, -0.25) is 9.59 Å². The number of hydrogen-bond acceptors (Lipinski definition) is 2. The monoisotopic (exact) mass is 613 g/mol. The van der Waals surface area contributed by atoms with E-state index < -0.39 is 0 Å². The Labute approximate surface area is 275 Å². The van der Waals surface area contributed by atoms with Crippen LogP contribution in [0.25, 0.3) is 0 Å². The van der Waals surface area contributed by atoms with E-state index in [-0.39, 0.29) is 0 Å². The minimum absolute atomic E-state index is 0.503. The van der Waals surface area contributed by atoms with Crippen molar-refractivity contribution in [2.75, 3.05) is 0 Å². The van der Waals surface area contributed by atoms with E-state index in [1.54, 1.807) is 0 Å². The van der Waals surface area contributed by atoms with E-state index >= 15 is 0 Å². The van der Waals surface area contributed by atoms with Crippen molar-refractivity contribution in [2.24, 2.45) is 23.7 Å². The summed E-state index contributed by atoms with van der Waals surface area (Å²) in [5.41, 5.74) is 1.51. The summed E-state index contributed by atoms with van der Waals surface area (Å²) >= 11 is 0. The molecule has 0 spiro atoms. The van der Waals surface area contributed by atoms with Crippen molar-refractivity contribution in [1.29, 1.82) is 0 Å². The summed E-state index contributed by atoms with van der Waals surface area (Å²) in [5, 5.41) is 0. The van der Waals surface area contributed by atoms with Gasteiger partial charge in [0.25, 0.3) is 0 Å². The van der Waals surface area contributed by atoms with Gasteiger partial charge in [0.2, 0.25) is 0 Å². The first kappa shape index (κ1) is 39.3. The number of fused-ring (bicyclic) bond motifs is 1. The van der Waals surface area contributed by atoms with E-state index in [9.17, 15) is 9.59 Å². The number of carbonyl (C=O) groups excluding carboxylic acids is 2. The molecule has 2 aliphatic rings. The average Bonchev–Trinajstić information content (AvgIpc) is 3.83. The van der Waals surface area contributed by atoms with Gasteiger partial charge in [-0.25, -0.2) is 0 Å². The van der Waals surface area contributed by atoms with Crippen molar-refractivity contribution >= 4 is 11.6 Å². The van der Waals surface area contributed by atoms with E-state index in [4.69, 9.17) is 0 Å². The Kier molecular flexibility index (Phi) is 23.4. The fourth-order valence-corrected chi connectivity index (χ4v) is 8.00. The first-order valence-corrected chi connectivity index (χ1v) is 20.3. The number of unbranched alkanes of at least 4 members (excludes halogenated alkanes) is 17. The summed E-state index contributed by atoms with van der Waals surface area (Å²) in [4.78, 5) is 24.8. The van der Waals surface area contributed by atoms with Crippen LogP contribution in [-0.2, 0) is 9.59 Å². The molecule has 1 saturated carbocycles. The second-order valence-electron chi connectivity index (χ2n) is 15.1. The van der Waals surface area contributed by atoms with E-state index in [0.29, 0.717) is 11.6 Å². The molecular weight excluding hydrogens is 536 g/mol. The molecule has 2 aliphatic carbocycles. The van der Waals surface area contributed by atoms with E-state index in [0.717, 1.165) is 68.6 Å². The predicted molar refractivity (Wildman–Crippen MR) is 192 cm³/mol. The lowest BCUT2D eigenvalue weighted by Crippen LogP contribution is -2.12. The summed E-state index contributed by atoms with van der Waals surface area (Å²) in [7, 11) is 0. The Morgan fingerprint density at radius 3 is 1.64 bits per heavy atom. The lowest BCUT2D eigenvalue weighted by molar-refractivity contribution is -0.119. The van der Waals surface area contributed by atoms with Crippen LogP contribution in [0.2, 0.25) is 0 Å². The van der Waals surface area contributed by atoms with E-state index in [1.165, 1.54) is 160 Å². The van der Waals surface area contributed by atoms with Gasteiger partial charge in [-0.05, 0) is 62.2 Å². The van der Waals surface area contributed by atoms with Gasteiger partial charge in [-0.1, -0.05) is 167 Å². The Morgan fingerprint density at radius 2 is 1.09 bits per heavy atom. The zero-order valence-corrected chi connectivity index (χ0v) is 30.1. The summed E-state index contributed by atoms with van der Waals surface area (Å²) in [6, 6.07) is 0. The molecule has 0 heterocycles. The molecule has 2 rings (SSSR count). The highest BCUT2D eigenvalue weighted by atomic mass is 16.1. The molecule has 0 N–H and O–H groups in total. The van der Waals surface area contributed by atoms with Crippen LogP contribution >= 0.6 is 0 Å². The van der Waals surface area contributed by atoms with Crippen LogP contribution < -0.4 is 0 Å². The Balaban J connectivity index is 1.35. The van der Waals surface area contributed by atoms with E-state index in [2.05, 4.69) is 26.8 Å². The van der Waals surface area contributed by atoms with Gasteiger partial charge in [0.1, 0.15) is 11.6 Å². The normalized spacial score (nSPS) is 19.9. The molecule has 0 aliphatic heterocycles. The second kappa shape index (κ2) is 26.2. The third-order valence-electron chi connectivity index (χ3n) is 11.2. The van der Waals surface area contributed by atoms with Crippen LogP contribution in [0, 0.1) is 23.7 Å². The van der Waals surface area contributed by atoms with E-state index in [1.807, 2.05) is 0 Å². The molecule has 4 atom stereocenters. The molecule has 1 fully saturated rings. The molecule has 0 aromatic heterocycles. The highest BCUT2D eigenvalue weighted by Crippen LogP contribution is 2.55. The van der Waals surface area contributed by atoms with Crippen LogP contribution in [0.3, 0.4) is 0 Å². The largest absolute Gasteiger partial charge is 0.300 e. The topological polar surface area (TPSA) is 34.1 Å². The molecule has 0 aromatic rings. The van der Waals surface area contributed by atoms with Gasteiger partial charge < -0.3 is 0 Å². The number of Topliss-reactive ketones (excluding diaryl/α,β-unsaturated/α-hetero) is 2. The van der Waals surface area contributed by atoms with Gasteiger partial charge in [0, 0.05) is 25.7 Å². The van der Waals surface area contributed by atoms with Crippen molar-refractivity contribution < 1.29 is 9.59 Å². The molecular formula is C42H76O2. The molecule has 2 nitrogen and oxygen atoms in total. The first-order chi connectivity index (χ1) is 21.6. The summed E-state index contributed by atoms with van der Waals surface area (Å²) in [6.07, 6.45) is 41.1. The molecule has 0 amide bonds. The fourth-order valence-electron chi connectivity index (χ4n) is 8.00. The number of allylic oxidation sites excluding steroid dienone is 2. The van der Waals surface area contributed by atoms with Crippen molar-refractivity contribution in [2.45, 2.75) is 220 Å². The summed E-state index contributed by atoms with van der Waals surface area (Å²) < 4.78 is 0. The number of hydrogen-bond donors (Lipinski definition) is 0. The van der Waals surface area contributed by atoms with Crippen LogP contribution in [0.4, 0.5) is 0 Å². The quantitative estimate of drug-likeness (QED) is 0.0559. The maximum absolute atomic E-state index is 12.6. The van der Waals surface area contributed by atoms with Crippen molar-refractivity contribution in [3.63, 3.8) is 0 Å². The van der Waals surface area contributed by atoms with Gasteiger partial charge in [0.15, 0.2) is 0 Å². The smallest absolute Gasteiger partial charge is 0.136 e. The molecule has 0 bridgehead atoms. The predicted octanol–water partition coefficient (Wildman–Crippen LogP) is 13.7. The molecule has 0 saturated heterocycles. The van der Waals surface area contributed by atoms with Gasteiger partial charge >= 0.3 is 0 Å². The third-order valence-corrected chi connectivity index (χ3v) is 11.2. The van der Waals surface area contributed by atoms with Crippen molar-refractivity contribution in [3.05, 3.63) is 11.6 Å². The maximum atomic E-state index is 12.6. The van der Waals surface area contributed by atoms with Crippen LogP contribution in [0.15, 0.2) is 11.6 Å². The molecule has 0 aromatic carbocycles. The first-order valence-electron chi connectivity index (χ1n) is 20.3. The fraction of sp³-hybridized carbons (Fsp3) is 0.905. The summed E-state index contributed by atoms with van der Waals surface area (Å²) in [5.74, 6) is 4.51. The molecule has 2 heteroatoms. The third kappa shape index (κ3) is 18.9. The zero-order valence-electron chi connectivity index (χ0n) is 30.1. The highest BCUT2D eigenvalue weighted by Gasteiger charge is 2.46. The molecule has 44 heavy (non-hydrogen) atoms. The second-order valence-corrected chi connectivity index (χ2v) is 15.1. The Morgan fingerprint density at radius 1 is 0.614 bits per heavy atom. The SMILES string of the molecule is CCCCCCCCCCC(=O)CCCCCCCC(CC)CCCCCCCC(=O)CC1=CCC(CCCCC)C2CC12. The van der Waals surface area contributed by atoms with Crippen LogP contribution in [-0.4, -0.2) is 11.6 Å². The lowest BCUT2D eigenvalue weighted by atomic mass is 9.84. The number of rotatable bonds is 32. The van der Waals surface area contributed by atoms with Gasteiger partial charge in [-0.15, -0.1) is 0 Å². The Bertz CT molecular complexity index is 751. The molecule has 256 valence electrons. The molecule has 0 radical (unpaired) electrons. The molecule has 4 unspecified atom stereocenters. The van der Waals surface area contributed by atoms with Crippen LogP contribution in [0.1, 0.15) is 220 Å². The van der Waals surface area contributed by atoms with Gasteiger partial charge in [-0.2, -0.15) is 0 Å². The van der Waals surface area contributed by atoms with Crippen molar-refractivity contribution in [3.8, 4) is 0 Å². The average molecular weight is 613 g/mol. The van der Waals surface area contributed by atoms with Crippen LogP contribution in [0.5, 0.6) is 0 Å². The number of ketones is 2. The highest BCUT2D eigenvalue weighted by molar-refractivity contribution is 5.81. The lowest BCUT2D eigenvalue weighted by Gasteiger charge is -2.21. The number of carbonyl (C=O) groups is 2. The zero-order chi connectivity index (χ0) is 31.7. The van der Waals surface area contributed by atoms with Gasteiger partial charge in [0.05, 0.1) is 0 Å².